The highest BCUT2D eigenvalue weighted by molar-refractivity contribution is 5.90. The van der Waals surface area contributed by atoms with Crippen molar-refractivity contribution in [2.45, 2.75) is 25.0 Å². The van der Waals surface area contributed by atoms with Crippen molar-refractivity contribution >= 4 is 24.8 Å². The van der Waals surface area contributed by atoms with Crippen LogP contribution in [-0.4, -0.2) is 31.2 Å². The van der Waals surface area contributed by atoms with Crippen molar-refractivity contribution in [2.75, 3.05) is 5.32 Å². The normalized spacial score (nSPS) is 21.4. The molecule has 2 N–H and O–H groups in total. The average molecular weight is 412 g/mol. The van der Waals surface area contributed by atoms with Crippen LogP contribution >= 0.6 is 0 Å². The molecule has 1 fully saturated rings. The summed E-state index contributed by atoms with van der Waals surface area (Å²) in [5, 5.41) is 5.28. The van der Waals surface area contributed by atoms with Crippen LogP contribution in [0.2, 0.25) is 0 Å². The number of amides is 2. The summed E-state index contributed by atoms with van der Waals surface area (Å²) in [6.45, 7) is 5.12. The second kappa shape index (κ2) is 7.94. The highest BCUT2D eigenvalue weighted by Gasteiger charge is 2.59. The maximum Gasteiger partial charge on any atom is 0.319 e. The monoisotopic (exact) mass is 412 g/mol. The van der Waals surface area contributed by atoms with Gasteiger partial charge in [-0.15, -0.1) is 0 Å². The Morgan fingerprint density at radius 1 is 1.23 bits per heavy atom. The van der Waals surface area contributed by atoms with E-state index in [0.717, 1.165) is 23.4 Å². The van der Waals surface area contributed by atoms with Crippen LogP contribution in [0.1, 0.15) is 18.4 Å². The number of hydrogen-bond acceptors (Lipinski definition) is 4. The summed E-state index contributed by atoms with van der Waals surface area (Å²) in [7, 11) is 0. The topological polar surface area (TPSA) is 84.3 Å². The number of urea groups is 1. The molecule has 7 nitrogen and oxygen atoms in total. The molecule has 0 spiro atoms. The van der Waals surface area contributed by atoms with Crippen molar-refractivity contribution < 1.29 is 23.0 Å². The van der Waals surface area contributed by atoms with Gasteiger partial charge in [0.15, 0.2) is 11.6 Å². The summed E-state index contributed by atoms with van der Waals surface area (Å²) in [4.78, 5) is 19.8. The minimum absolute atomic E-state index is 0.0216. The number of carbonyl (C=O) groups excluding carboxylic acids is 1. The van der Waals surface area contributed by atoms with E-state index in [1.807, 2.05) is 6.07 Å². The molecule has 154 valence electrons. The standard InChI is InChI=1S/C21H18F2N4O3/c1-3-17(25-10-24-2)29-12-5-7-16-13(9-12)18-19(20(18)30-16)27-21(28)26-11-4-6-14(22)15(23)8-11/h3-10,18-20H,2H2,1H3,(H2,26,27,28)/b17-3+,25-10?/t18-,19-,20-/m0/s1. The number of fused-ring (bicyclic) bond motifs is 3. The van der Waals surface area contributed by atoms with Crippen molar-refractivity contribution in [3.05, 3.63) is 65.6 Å². The molecule has 2 aromatic carbocycles. The van der Waals surface area contributed by atoms with Crippen LogP contribution in [0.25, 0.3) is 0 Å². The van der Waals surface area contributed by atoms with Crippen LogP contribution in [0.5, 0.6) is 11.5 Å². The van der Waals surface area contributed by atoms with Crippen molar-refractivity contribution in [1.29, 1.82) is 0 Å². The molecule has 1 saturated carbocycles. The summed E-state index contributed by atoms with van der Waals surface area (Å²) in [6.07, 6.45) is 2.79. The lowest BCUT2D eigenvalue weighted by Crippen LogP contribution is -2.34. The molecule has 1 aliphatic heterocycles. The Balaban J connectivity index is 1.40. The maximum atomic E-state index is 13.3. The van der Waals surface area contributed by atoms with Crippen LogP contribution in [0, 0.1) is 11.6 Å². The quantitative estimate of drug-likeness (QED) is 0.428. The smallest absolute Gasteiger partial charge is 0.319 e. The zero-order valence-corrected chi connectivity index (χ0v) is 15.9. The fraction of sp³-hybridized carbons (Fsp3) is 0.190. The molecule has 2 aromatic rings. The van der Waals surface area contributed by atoms with Crippen molar-refractivity contribution in [2.24, 2.45) is 9.98 Å². The van der Waals surface area contributed by atoms with Gasteiger partial charge in [-0.3, -0.25) is 4.99 Å². The van der Waals surface area contributed by atoms with Gasteiger partial charge in [0.2, 0.25) is 5.88 Å². The van der Waals surface area contributed by atoms with Crippen LogP contribution in [0.15, 0.2) is 58.3 Å². The Morgan fingerprint density at radius 2 is 2.07 bits per heavy atom. The van der Waals surface area contributed by atoms with Gasteiger partial charge in [-0.2, -0.15) is 0 Å². The van der Waals surface area contributed by atoms with Gasteiger partial charge in [-0.05, 0) is 50.0 Å². The first-order valence-corrected chi connectivity index (χ1v) is 9.16. The van der Waals surface area contributed by atoms with Crippen LogP contribution in [-0.2, 0) is 0 Å². The van der Waals surface area contributed by atoms with Crippen molar-refractivity contribution in [3.8, 4) is 11.5 Å². The Hall–Kier alpha value is -3.75. The summed E-state index contributed by atoms with van der Waals surface area (Å²) >= 11 is 0. The molecule has 30 heavy (non-hydrogen) atoms. The van der Waals surface area contributed by atoms with E-state index >= 15 is 0 Å². The Labute approximate surface area is 171 Å². The zero-order chi connectivity index (χ0) is 21.3. The summed E-state index contributed by atoms with van der Waals surface area (Å²) in [5.41, 5.74) is 1.07. The van der Waals surface area contributed by atoms with Gasteiger partial charge < -0.3 is 20.1 Å². The third-order valence-electron chi connectivity index (χ3n) is 4.77. The van der Waals surface area contributed by atoms with Crippen LogP contribution in [0.3, 0.4) is 0 Å². The minimum Gasteiger partial charge on any atom is -0.487 e. The summed E-state index contributed by atoms with van der Waals surface area (Å²) in [5.74, 6) is -0.359. The molecular weight excluding hydrogens is 394 g/mol. The molecule has 0 bridgehead atoms. The molecular formula is C21H18F2N4O3. The van der Waals surface area contributed by atoms with E-state index in [1.54, 1.807) is 25.1 Å². The molecule has 0 unspecified atom stereocenters. The maximum absolute atomic E-state index is 13.3. The van der Waals surface area contributed by atoms with E-state index in [4.69, 9.17) is 9.47 Å². The number of allylic oxidation sites excluding steroid dienone is 1. The number of nitrogens with zero attached hydrogens (tertiary/aromatic N) is 2. The highest BCUT2D eigenvalue weighted by Crippen LogP contribution is 2.54. The fourth-order valence-corrected chi connectivity index (χ4v) is 3.35. The van der Waals surface area contributed by atoms with Crippen molar-refractivity contribution in [1.82, 2.24) is 5.32 Å². The van der Waals surface area contributed by atoms with E-state index in [9.17, 15) is 13.6 Å². The van der Waals surface area contributed by atoms with E-state index in [1.165, 1.54) is 12.4 Å². The molecule has 0 radical (unpaired) electrons. The third-order valence-corrected chi connectivity index (χ3v) is 4.77. The van der Waals surface area contributed by atoms with Gasteiger partial charge in [0.25, 0.3) is 0 Å². The predicted molar refractivity (Wildman–Crippen MR) is 108 cm³/mol. The largest absolute Gasteiger partial charge is 0.487 e. The first-order chi connectivity index (χ1) is 14.5. The molecule has 2 aliphatic rings. The van der Waals surface area contributed by atoms with Crippen LogP contribution < -0.4 is 20.1 Å². The van der Waals surface area contributed by atoms with Crippen LogP contribution in [0.4, 0.5) is 19.3 Å². The molecule has 0 saturated heterocycles. The summed E-state index contributed by atoms with van der Waals surface area (Å²) in [6, 6.07) is 7.80. The predicted octanol–water partition coefficient (Wildman–Crippen LogP) is 3.98. The fourth-order valence-electron chi connectivity index (χ4n) is 3.35. The van der Waals surface area contributed by atoms with Gasteiger partial charge in [-0.25, -0.2) is 18.6 Å². The SMILES string of the molecule is C=NC=N/C(=C\C)Oc1ccc2c(c1)[C@H]1[C@H](NC(=O)Nc3ccc(F)c(F)c3)[C@H]1O2. The number of hydrogen-bond donors (Lipinski definition) is 2. The Kier molecular flexibility index (Phi) is 5.18. The van der Waals surface area contributed by atoms with Gasteiger partial charge in [0.05, 0.1) is 12.0 Å². The lowest BCUT2D eigenvalue weighted by molar-refractivity contribution is 0.246. The second-order valence-electron chi connectivity index (χ2n) is 6.72. The Morgan fingerprint density at radius 3 is 2.80 bits per heavy atom. The Bertz CT molecular complexity index is 1070. The van der Waals surface area contributed by atoms with Gasteiger partial charge in [0, 0.05) is 17.3 Å². The second-order valence-corrected chi connectivity index (χ2v) is 6.72. The molecule has 1 heterocycles. The molecule has 1 aliphatic carbocycles. The number of aliphatic imine (C=N–C) groups is 2. The lowest BCUT2D eigenvalue weighted by Gasteiger charge is -2.12. The number of benzene rings is 2. The zero-order valence-electron chi connectivity index (χ0n) is 15.9. The number of anilines is 1. The van der Waals surface area contributed by atoms with Crippen molar-refractivity contribution in [3.63, 3.8) is 0 Å². The molecule has 0 aromatic heterocycles. The van der Waals surface area contributed by atoms with E-state index in [2.05, 4.69) is 27.3 Å². The van der Waals surface area contributed by atoms with Gasteiger partial charge in [-0.1, -0.05) is 0 Å². The first kappa shape index (κ1) is 19.6. The summed E-state index contributed by atoms with van der Waals surface area (Å²) < 4.78 is 37.9. The molecule has 4 rings (SSSR count). The number of halogens is 2. The minimum atomic E-state index is -1.03. The molecule has 2 amide bonds. The molecule has 3 atom stereocenters. The third kappa shape index (κ3) is 3.86. The molecule has 9 heteroatoms. The van der Waals surface area contributed by atoms with E-state index in [0.29, 0.717) is 11.6 Å². The average Bonchev–Trinajstić information content (AvgIpc) is 3.24. The van der Waals surface area contributed by atoms with Gasteiger partial charge >= 0.3 is 6.03 Å². The number of carbonyl (C=O) groups is 1. The number of rotatable bonds is 6. The number of ether oxygens (including phenoxy) is 2. The first-order valence-electron chi connectivity index (χ1n) is 9.16. The lowest BCUT2D eigenvalue weighted by atomic mass is 10.1. The van der Waals surface area contributed by atoms with Gasteiger partial charge in [0.1, 0.15) is 23.9 Å². The van der Waals surface area contributed by atoms with E-state index in [-0.39, 0.29) is 23.8 Å². The van der Waals surface area contributed by atoms with E-state index < -0.39 is 17.7 Å². The highest BCUT2D eigenvalue weighted by atomic mass is 19.2. The number of nitrogens with one attached hydrogen (secondary N) is 2.